The van der Waals surface area contributed by atoms with Gasteiger partial charge < -0.3 is 9.88 Å². The monoisotopic (exact) mass is 235 g/mol. The van der Waals surface area contributed by atoms with Gasteiger partial charge in [-0.1, -0.05) is 6.92 Å². The second kappa shape index (κ2) is 4.99. The molecule has 92 valence electrons. The van der Waals surface area contributed by atoms with Gasteiger partial charge in [-0.05, 0) is 13.3 Å². The highest BCUT2D eigenvalue weighted by Gasteiger charge is 2.31. The largest absolute Gasteiger partial charge is 0.339 e. The number of rotatable bonds is 4. The van der Waals surface area contributed by atoms with Crippen LogP contribution in [0.25, 0.3) is 0 Å². The van der Waals surface area contributed by atoms with Gasteiger partial charge in [-0.15, -0.1) is 0 Å². The fourth-order valence-electron chi connectivity index (χ4n) is 1.88. The summed E-state index contributed by atoms with van der Waals surface area (Å²) >= 11 is 0. The summed E-state index contributed by atoms with van der Waals surface area (Å²) in [6, 6.07) is -0.380. The molecule has 2 N–H and O–H groups in total. The number of aliphatic imine (C=N–C) groups is 1. The second-order valence-corrected chi connectivity index (χ2v) is 3.90. The highest BCUT2D eigenvalue weighted by Crippen LogP contribution is 2.16. The number of nitrogens with one attached hydrogen (secondary N) is 2. The molecule has 1 aromatic heterocycles. The van der Waals surface area contributed by atoms with E-state index in [4.69, 9.17) is 0 Å². The Hall–Kier alpha value is -1.85. The first-order valence-corrected chi connectivity index (χ1v) is 5.88. The minimum absolute atomic E-state index is 0.0740. The van der Waals surface area contributed by atoms with Crippen LogP contribution in [0, 0.1) is 0 Å². The molecule has 6 nitrogen and oxygen atoms in total. The average molecular weight is 235 g/mol. The number of amides is 1. The molecule has 2 rings (SSSR count). The van der Waals surface area contributed by atoms with Crippen LogP contribution in [0.4, 0.5) is 0 Å². The van der Waals surface area contributed by atoms with Crippen molar-refractivity contribution < 1.29 is 4.79 Å². The van der Waals surface area contributed by atoms with Gasteiger partial charge in [0.05, 0.1) is 18.2 Å². The lowest BCUT2D eigenvalue weighted by molar-refractivity contribution is -0.120. The van der Waals surface area contributed by atoms with Gasteiger partial charge in [0.25, 0.3) is 5.91 Å². The third-order valence-corrected chi connectivity index (χ3v) is 2.61. The molecule has 1 fully saturated rings. The summed E-state index contributed by atoms with van der Waals surface area (Å²) in [5.41, 5.74) is 0.880. The molecule has 0 bridgehead atoms. The van der Waals surface area contributed by atoms with E-state index in [1.807, 2.05) is 11.5 Å². The average Bonchev–Trinajstić information content (AvgIpc) is 2.86. The summed E-state index contributed by atoms with van der Waals surface area (Å²) in [7, 11) is 0. The van der Waals surface area contributed by atoms with Crippen molar-refractivity contribution in [1.29, 1.82) is 0 Å². The highest BCUT2D eigenvalue weighted by atomic mass is 16.2. The zero-order chi connectivity index (χ0) is 12.3. The van der Waals surface area contributed by atoms with Crippen molar-refractivity contribution in [2.45, 2.75) is 32.9 Å². The van der Waals surface area contributed by atoms with Crippen LogP contribution < -0.4 is 10.6 Å². The SMILES string of the molecule is CCCn1cncc1C1NC(=NCC)NC1=O. The van der Waals surface area contributed by atoms with E-state index in [1.54, 1.807) is 12.5 Å². The molecule has 1 saturated heterocycles. The molecule has 0 radical (unpaired) electrons. The standard InChI is InChI=1S/C11H17N5O/c1-3-5-16-7-12-6-8(16)9-10(17)15-11(14-9)13-4-2/h6-7,9H,3-5H2,1-2H3,(H2,13,14,15,17). The van der Waals surface area contributed by atoms with E-state index in [9.17, 15) is 4.79 Å². The predicted octanol–water partition coefficient (Wildman–Crippen LogP) is 0.429. The number of carbonyl (C=O) groups excluding carboxylic acids is 1. The normalized spacial score (nSPS) is 21.6. The van der Waals surface area contributed by atoms with E-state index < -0.39 is 0 Å². The van der Waals surface area contributed by atoms with Crippen LogP contribution in [0.15, 0.2) is 17.5 Å². The van der Waals surface area contributed by atoms with Crippen molar-refractivity contribution in [3.8, 4) is 0 Å². The Labute approximate surface area is 100 Å². The van der Waals surface area contributed by atoms with Crippen molar-refractivity contribution >= 4 is 11.9 Å². The molecule has 1 atom stereocenters. The number of hydrogen-bond donors (Lipinski definition) is 2. The Balaban J connectivity index is 2.20. The molecule has 0 aromatic carbocycles. The Morgan fingerprint density at radius 2 is 2.35 bits per heavy atom. The summed E-state index contributed by atoms with van der Waals surface area (Å²) in [5.74, 6) is 0.474. The number of aryl methyl sites for hydroxylation is 1. The minimum Gasteiger partial charge on any atom is -0.339 e. The zero-order valence-corrected chi connectivity index (χ0v) is 10.1. The van der Waals surface area contributed by atoms with Crippen molar-refractivity contribution in [2.75, 3.05) is 6.54 Å². The molecule has 1 aromatic rings. The second-order valence-electron chi connectivity index (χ2n) is 3.90. The Kier molecular flexibility index (Phi) is 3.41. The Morgan fingerprint density at radius 3 is 3.06 bits per heavy atom. The third kappa shape index (κ3) is 2.30. The van der Waals surface area contributed by atoms with Gasteiger partial charge in [0.15, 0.2) is 12.0 Å². The molecular formula is C11H17N5O. The molecule has 1 aliphatic rings. The summed E-state index contributed by atoms with van der Waals surface area (Å²) < 4.78 is 1.99. The molecular weight excluding hydrogens is 218 g/mol. The maximum absolute atomic E-state index is 11.8. The Morgan fingerprint density at radius 1 is 1.53 bits per heavy atom. The fourth-order valence-corrected chi connectivity index (χ4v) is 1.88. The Bertz CT molecular complexity index is 437. The first-order valence-electron chi connectivity index (χ1n) is 5.88. The molecule has 2 heterocycles. The highest BCUT2D eigenvalue weighted by molar-refractivity contribution is 6.06. The van der Waals surface area contributed by atoms with E-state index in [0.717, 1.165) is 18.7 Å². The third-order valence-electron chi connectivity index (χ3n) is 2.61. The summed E-state index contributed by atoms with van der Waals surface area (Å²) in [4.78, 5) is 20.1. The van der Waals surface area contributed by atoms with Crippen LogP contribution in [-0.2, 0) is 11.3 Å². The maximum Gasteiger partial charge on any atom is 0.255 e. The summed E-state index contributed by atoms with van der Waals surface area (Å²) in [5, 5.41) is 5.79. The molecule has 6 heteroatoms. The van der Waals surface area contributed by atoms with Gasteiger partial charge in [0, 0.05) is 13.1 Å². The molecule has 0 saturated carbocycles. The van der Waals surface area contributed by atoms with Gasteiger partial charge in [-0.3, -0.25) is 15.1 Å². The van der Waals surface area contributed by atoms with E-state index in [1.165, 1.54) is 0 Å². The van der Waals surface area contributed by atoms with Gasteiger partial charge in [-0.2, -0.15) is 0 Å². The number of aromatic nitrogens is 2. The smallest absolute Gasteiger partial charge is 0.255 e. The van der Waals surface area contributed by atoms with E-state index in [-0.39, 0.29) is 11.9 Å². The lowest BCUT2D eigenvalue weighted by atomic mass is 10.2. The van der Waals surface area contributed by atoms with Crippen LogP contribution in [0.1, 0.15) is 32.0 Å². The van der Waals surface area contributed by atoms with E-state index in [0.29, 0.717) is 12.5 Å². The van der Waals surface area contributed by atoms with Crippen molar-refractivity contribution in [2.24, 2.45) is 4.99 Å². The molecule has 1 unspecified atom stereocenters. The zero-order valence-electron chi connectivity index (χ0n) is 10.1. The van der Waals surface area contributed by atoms with Crippen LogP contribution in [0.2, 0.25) is 0 Å². The molecule has 0 aliphatic carbocycles. The minimum atomic E-state index is -0.380. The van der Waals surface area contributed by atoms with Gasteiger partial charge >= 0.3 is 0 Å². The van der Waals surface area contributed by atoms with Crippen LogP contribution in [0.3, 0.4) is 0 Å². The van der Waals surface area contributed by atoms with Crippen molar-refractivity contribution in [3.05, 3.63) is 18.2 Å². The van der Waals surface area contributed by atoms with Gasteiger partial charge in [-0.25, -0.2) is 4.98 Å². The lowest BCUT2D eigenvalue weighted by Crippen LogP contribution is -2.25. The number of hydrogen-bond acceptors (Lipinski definition) is 3. The number of carbonyl (C=O) groups is 1. The van der Waals surface area contributed by atoms with E-state index in [2.05, 4.69) is 27.5 Å². The molecule has 0 spiro atoms. The van der Waals surface area contributed by atoms with Crippen molar-refractivity contribution in [3.63, 3.8) is 0 Å². The summed E-state index contributed by atoms with van der Waals surface area (Å²) in [6.45, 7) is 5.52. The number of imidazole rings is 1. The van der Waals surface area contributed by atoms with Crippen molar-refractivity contribution in [1.82, 2.24) is 20.2 Å². The number of nitrogens with zero attached hydrogens (tertiary/aromatic N) is 3. The van der Waals surface area contributed by atoms with Crippen LogP contribution in [-0.4, -0.2) is 28.0 Å². The van der Waals surface area contributed by atoms with Crippen LogP contribution >= 0.6 is 0 Å². The van der Waals surface area contributed by atoms with E-state index >= 15 is 0 Å². The van der Waals surface area contributed by atoms with Gasteiger partial charge in [0.1, 0.15) is 0 Å². The summed E-state index contributed by atoms with van der Waals surface area (Å²) in [6.07, 6.45) is 4.48. The van der Waals surface area contributed by atoms with Crippen LogP contribution in [0.5, 0.6) is 0 Å². The molecule has 1 amide bonds. The fraction of sp³-hybridized carbons (Fsp3) is 0.545. The first kappa shape index (κ1) is 11.6. The predicted molar refractivity (Wildman–Crippen MR) is 64.5 cm³/mol. The molecule has 1 aliphatic heterocycles. The molecule has 17 heavy (non-hydrogen) atoms. The first-order chi connectivity index (χ1) is 8.26. The number of guanidine groups is 1. The lowest BCUT2D eigenvalue weighted by Gasteiger charge is -2.10. The van der Waals surface area contributed by atoms with Gasteiger partial charge in [0.2, 0.25) is 0 Å². The maximum atomic E-state index is 11.8. The quantitative estimate of drug-likeness (QED) is 0.795. The topological polar surface area (TPSA) is 71.3 Å².